The van der Waals surface area contributed by atoms with E-state index in [4.69, 9.17) is 0 Å². The molecule has 1 aliphatic carbocycles. The number of halogens is 1. The zero-order valence-corrected chi connectivity index (χ0v) is 7.72. The molecule has 0 atom stereocenters. The van der Waals surface area contributed by atoms with Crippen molar-refractivity contribution in [2.24, 2.45) is 0 Å². The molecule has 0 unspecified atom stereocenters. The van der Waals surface area contributed by atoms with Gasteiger partial charge in [0.25, 0.3) is 0 Å². The normalized spacial score (nSPS) is 17.3. The van der Waals surface area contributed by atoms with Crippen LogP contribution in [0.2, 0.25) is 0 Å². The van der Waals surface area contributed by atoms with Crippen LogP contribution in [-0.4, -0.2) is 8.42 Å². The van der Waals surface area contributed by atoms with E-state index < -0.39 is 10.2 Å². The lowest BCUT2D eigenvalue weighted by molar-refractivity contribution is 0.552. The van der Waals surface area contributed by atoms with Gasteiger partial charge in [-0.2, -0.15) is 8.42 Å². The van der Waals surface area contributed by atoms with Gasteiger partial charge in [-0.05, 0) is 36.5 Å². The minimum absolute atomic E-state index is 0.225. The highest BCUT2D eigenvalue weighted by molar-refractivity contribution is 7.86. The molecule has 0 radical (unpaired) electrons. The first-order valence-electron chi connectivity index (χ1n) is 4.12. The number of hydrogen-bond donors (Lipinski definition) is 0. The van der Waals surface area contributed by atoms with E-state index in [9.17, 15) is 12.3 Å². The second kappa shape index (κ2) is 2.80. The summed E-state index contributed by atoms with van der Waals surface area (Å²) in [5, 5.41) is 0. The molecule has 0 bridgehead atoms. The largest absolute Gasteiger partial charge is 0.332 e. The Morgan fingerprint density at radius 3 is 2.54 bits per heavy atom. The number of benzene rings is 1. The maximum atomic E-state index is 12.6. The summed E-state index contributed by atoms with van der Waals surface area (Å²) in [6.45, 7) is 0. The van der Waals surface area contributed by atoms with Gasteiger partial charge in [0.2, 0.25) is 0 Å². The van der Waals surface area contributed by atoms with E-state index in [1.807, 2.05) is 6.07 Å². The lowest BCUT2D eigenvalue weighted by atomic mass is 10.1. The van der Waals surface area contributed by atoms with Crippen molar-refractivity contribution in [3.8, 4) is 0 Å². The first-order valence-corrected chi connectivity index (χ1v) is 5.50. The Hall–Kier alpha value is -0.900. The van der Waals surface area contributed by atoms with E-state index in [1.165, 1.54) is 12.1 Å². The molecule has 1 aromatic carbocycles. The summed E-state index contributed by atoms with van der Waals surface area (Å²) in [7, 11) is -4.53. The van der Waals surface area contributed by atoms with Crippen LogP contribution in [0.15, 0.2) is 29.2 Å². The molecule has 0 aromatic heterocycles. The molecule has 13 heavy (non-hydrogen) atoms. The van der Waals surface area contributed by atoms with E-state index in [0.29, 0.717) is 5.92 Å². The SMILES string of the molecule is O=S(=O)(F)c1cccc(C2CC2)c1. The summed E-state index contributed by atoms with van der Waals surface area (Å²) in [6.07, 6.45) is 2.16. The molecule has 2 nitrogen and oxygen atoms in total. The zero-order chi connectivity index (χ0) is 9.47. The quantitative estimate of drug-likeness (QED) is 0.686. The van der Waals surface area contributed by atoms with Crippen molar-refractivity contribution in [1.29, 1.82) is 0 Å². The molecular formula is C9H9FO2S. The molecule has 1 saturated carbocycles. The molecule has 0 heterocycles. The molecule has 2 rings (SSSR count). The van der Waals surface area contributed by atoms with E-state index in [-0.39, 0.29) is 4.90 Å². The Morgan fingerprint density at radius 2 is 2.00 bits per heavy atom. The van der Waals surface area contributed by atoms with Crippen molar-refractivity contribution in [2.45, 2.75) is 23.7 Å². The van der Waals surface area contributed by atoms with Crippen LogP contribution >= 0.6 is 0 Å². The monoisotopic (exact) mass is 200 g/mol. The van der Waals surface area contributed by atoms with Gasteiger partial charge >= 0.3 is 10.2 Å². The molecule has 4 heteroatoms. The molecule has 1 fully saturated rings. The van der Waals surface area contributed by atoms with E-state index in [0.717, 1.165) is 18.4 Å². The van der Waals surface area contributed by atoms with Gasteiger partial charge in [-0.25, -0.2) is 0 Å². The average Bonchev–Trinajstić information content (AvgIpc) is 2.85. The molecule has 1 aliphatic rings. The lowest BCUT2D eigenvalue weighted by Crippen LogP contribution is -1.92. The van der Waals surface area contributed by atoms with Gasteiger partial charge in [0, 0.05) is 0 Å². The molecule has 0 saturated heterocycles. The minimum atomic E-state index is -4.53. The van der Waals surface area contributed by atoms with Crippen LogP contribution in [-0.2, 0) is 10.2 Å². The Labute approximate surface area is 76.6 Å². The first kappa shape index (κ1) is 8.69. The molecule has 0 aliphatic heterocycles. The lowest BCUT2D eigenvalue weighted by Gasteiger charge is -1.99. The van der Waals surface area contributed by atoms with Crippen LogP contribution in [0.25, 0.3) is 0 Å². The number of rotatable bonds is 2. The number of hydrogen-bond acceptors (Lipinski definition) is 2. The van der Waals surface area contributed by atoms with Gasteiger partial charge in [0.1, 0.15) is 0 Å². The van der Waals surface area contributed by atoms with Gasteiger partial charge in [0.15, 0.2) is 0 Å². The van der Waals surface area contributed by atoms with Crippen LogP contribution < -0.4 is 0 Å². The van der Waals surface area contributed by atoms with Gasteiger partial charge in [-0.3, -0.25) is 0 Å². The van der Waals surface area contributed by atoms with Crippen molar-refractivity contribution in [3.63, 3.8) is 0 Å². The third kappa shape index (κ3) is 1.88. The standard InChI is InChI=1S/C9H9FO2S/c10-13(11,12)9-3-1-2-8(6-9)7-4-5-7/h1-3,6-7H,4-5H2. The molecule has 0 spiro atoms. The topological polar surface area (TPSA) is 34.1 Å². The van der Waals surface area contributed by atoms with Crippen LogP contribution in [0.4, 0.5) is 3.89 Å². The summed E-state index contributed by atoms with van der Waals surface area (Å²) in [5.41, 5.74) is 0.929. The Morgan fingerprint density at radius 1 is 1.31 bits per heavy atom. The maximum Gasteiger partial charge on any atom is 0.332 e. The van der Waals surface area contributed by atoms with Crippen LogP contribution in [0.3, 0.4) is 0 Å². The highest BCUT2D eigenvalue weighted by Crippen LogP contribution is 2.40. The van der Waals surface area contributed by atoms with Crippen molar-refractivity contribution >= 4 is 10.2 Å². The van der Waals surface area contributed by atoms with Gasteiger partial charge in [-0.1, -0.05) is 12.1 Å². The van der Waals surface area contributed by atoms with Crippen molar-refractivity contribution in [3.05, 3.63) is 29.8 Å². The Kier molecular flexibility index (Phi) is 1.87. The predicted molar refractivity (Wildman–Crippen MR) is 46.7 cm³/mol. The van der Waals surface area contributed by atoms with Crippen molar-refractivity contribution in [2.75, 3.05) is 0 Å². The first-order chi connectivity index (χ1) is 6.07. The second-order valence-electron chi connectivity index (χ2n) is 3.28. The maximum absolute atomic E-state index is 12.6. The highest BCUT2D eigenvalue weighted by Gasteiger charge is 2.24. The van der Waals surface area contributed by atoms with Crippen LogP contribution in [0, 0.1) is 0 Å². The van der Waals surface area contributed by atoms with Crippen molar-refractivity contribution < 1.29 is 12.3 Å². The third-order valence-electron chi connectivity index (χ3n) is 2.19. The summed E-state index contributed by atoms with van der Waals surface area (Å²) in [4.78, 5) is -0.225. The second-order valence-corrected chi connectivity index (χ2v) is 4.63. The van der Waals surface area contributed by atoms with Gasteiger partial charge in [-0.15, -0.1) is 3.89 Å². The van der Waals surface area contributed by atoms with E-state index in [2.05, 4.69) is 0 Å². The van der Waals surface area contributed by atoms with Crippen molar-refractivity contribution in [1.82, 2.24) is 0 Å². The van der Waals surface area contributed by atoms with Crippen LogP contribution in [0.1, 0.15) is 24.3 Å². The molecule has 70 valence electrons. The Bertz CT molecular complexity index is 421. The fourth-order valence-corrected chi connectivity index (χ4v) is 1.85. The van der Waals surface area contributed by atoms with Gasteiger partial charge in [0.05, 0.1) is 4.90 Å². The summed E-state index contributed by atoms with van der Waals surface area (Å²) in [6, 6.07) is 6.13. The predicted octanol–water partition coefficient (Wildman–Crippen LogP) is 2.22. The summed E-state index contributed by atoms with van der Waals surface area (Å²) < 4.78 is 33.7. The zero-order valence-electron chi connectivity index (χ0n) is 6.90. The summed E-state index contributed by atoms with van der Waals surface area (Å²) in [5.74, 6) is 0.446. The smallest absolute Gasteiger partial charge is 0.189 e. The average molecular weight is 200 g/mol. The molecular weight excluding hydrogens is 191 g/mol. The third-order valence-corrected chi connectivity index (χ3v) is 3.01. The fraction of sp³-hybridized carbons (Fsp3) is 0.333. The van der Waals surface area contributed by atoms with Gasteiger partial charge < -0.3 is 0 Å². The van der Waals surface area contributed by atoms with Crippen LogP contribution in [0.5, 0.6) is 0 Å². The fourth-order valence-electron chi connectivity index (χ4n) is 1.34. The molecule has 0 amide bonds. The van der Waals surface area contributed by atoms with E-state index >= 15 is 0 Å². The highest BCUT2D eigenvalue weighted by atomic mass is 32.3. The van der Waals surface area contributed by atoms with E-state index in [1.54, 1.807) is 6.07 Å². The molecule has 1 aromatic rings. The summed E-state index contributed by atoms with van der Waals surface area (Å²) >= 11 is 0. The molecule has 0 N–H and O–H groups in total. The Balaban J connectivity index is 2.43. The minimum Gasteiger partial charge on any atom is -0.189 e.